The number of aliphatic hydroxyl groups excluding tert-OH is 1. The van der Waals surface area contributed by atoms with Crippen LogP contribution in [0.25, 0.3) is 0 Å². The van der Waals surface area contributed by atoms with Gasteiger partial charge in [0.1, 0.15) is 6.10 Å². The van der Waals surface area contributed by atoms with Crippen LogP contribution in [0, 0.1) is 0 Å². The smallest absolute Gasteiger partial charge is 0.286 e. The van der Waals surface area contributed by atoms with Gasteiger partial charge in [0.05, 0.1) is 11.8 Å². The van der Waals surface area contributed by atoms with Crippen LogP contribution in [0.4, 0.5) is 8.78 Å². The molecule has 0 aromatic carbocycles. The van der Waals surface area contributed by atoms with Crippen molar-refractivity contribution in [2.75, 3.05) is 13.1 Å². The third-order valence-electron chi connectivity index (χ3n) is 2.83. The summed E-state index contributed by atoms with van der Waals surface area (Å²) in [6.07, 6.45) is -0.790. The van der Waals surface area contributed by atoms with E-state index in [4.69, 9.17) is 5.11 Å². The highest BCUT2D eigenvalue weighted by molar-refractivity contribution is 7.90. The van der Waals surface area contributed by atoms with E-state index in [1.807, 2.05) is 0 Å². The highest BCUT2D eigenvalue weighted by Gasteiger charge is 2.50. The summed E-state index contributed by atoms with van der Waals surface area (Å²) in [4.78, 5) is 0. The maximum absolute atomic E-state index is 13.1. The zero-order valence-corrected chi connectivity index (χ0v) is 8.88. The van der Waals surface area contributed by atoms with E-state index < -0.39 is 33.8 Å². The van der Waals surface area contributed by atoms with Gasteiger partial charge in [0.15, 0.2) is 0 Å². The van der Waals surface area contributed by atoms with Crippen molar-refractivity contribution in [2.24, 2.45) is 0 Å². The predicted octanol–water partition coefficient (Wildman–Crippen LogP) is 0.181. The Hall–Kier alpha value is -0.270. The molecule has 0 amide bonds. The monoisotopic (exact) mass is 241 g/mol. The first-order valence-electron chi connectivity index (χ1n) is 4.89. The topological polar surface area (TPSA) is 57.6 Å². The Labute approximate surface area is 86.9 Å². The standard InChI is InChI=1S/C8H13F2NO3S/c9-8(10)5-11(4-3-7(8)12)15(13,14)6-1-2-6/h6-7,12H,1-5H2. The van der Waals surface area contributed by atoms with Crippen LogP contribution in [0.5, 0.6) is 0 Å². The molecule has 4 nitrogen and oxygen atoms in total. The Morgan fingerprint density at radius 3 is 2.33 bits per heavy atom. The molecule has 7 heteroatoms. The van der Waals surface area contributed by atoms with Gasteiger partial charge in [-0.05, 0) is 19.3 Å². The zero-order valence-electron chi connectivity index (χ0n) is 8.07. The second kappa shape index (κ2) is 3.36. The van der Waals surface area contributed by atoms with Crippen molar-refractivity contribution in [3.05, 3.63) is 0 Å². The van der Waals surface area contributed by atoms with Crippen LogP contribution in [-0.4, -0.2) is 48.2 Å². The van der Waals surface area contributed by atoms with E-state index in [9.17, 15) is 17.2 Å². The van der Waals surface area contributed by atoms with Crippen LogP contribution in [0.2, 0.25) is 0 Å². The lowest BCUT2D eigenvalue weighted by Gasteiger charge is -2.35. The van der Waals surface area contributed by atoms with Gasteiger partial charge in [0.25, 0.3) is 5.92 Å². The Morgan fingerprint density at radius 1 is 1.27 bits per heavy atom. The summed E-state index contributed by atoms with van der Waals surface area (Å²) in [5, 5.41) is 8.53. The highest BCUT2D eigenvalue weighted by atomic mass is 32.2. The third-order valence-corrected chi connectivity index (χ3v) is 5.18. The molecule has 1 atom stereocenters. The molecule has 0 aromatic heterocycles. The first-order chi connectivity index (χ1) is 6.84. The first-order valence-corrected chi connectivity index (χ1v) is 6.39. The molecule has 1 N–H and O–H groups in total. The van der Waals surface area contributed by atoms with E-state index in [1.165, 1.54) is 0 Å². The second-order valence-electron chi connectivity index (χ2n) is 4.14. The number of nitrogens with zero attached hydrogens (tertiary/aromatic N) is 1. The number of halogens is 2. The van der Waals surface area contributed by atoms with Gasteiger partial charge in [-0.25, -0.2) is 17.2 Å². The normalized spacial score (nSPS) is 32.9. The molecule has 1 aliphatic carbocycles. The predicted molar refractivity (Wildman–Crippen MR) is 49.1 cm³/mol. The minimum absolute atomic E-state index is 0.00438. The molecule has 1 unspecified atom stereocenters. The van der Waals surface area contributed by atoms with Crippen LogP contribution in [0.1, 0.15) is 19.3 Å². The summed E-state index contributed by atoms with van der Waals surface area (Å²) in [5.74, 6) is -3.32. The molecule has 1 saturated carbocycles. The molecule has 0 radical (unpaired) electrons. The molecule has 15 heavy (non-hydrogen) atoms. The van der Waals surface area contributed by atoms with Gasteiger partial charge < -0.3 is 5.11 Å². The number of rotatable bonds is 2. The van der Waals surface area contributed by atoms with Crippen LogP contribution in [-0.2, 0) is 10.0 Å². The molecule has 2 rings (SSSR count). The van der Waals surface area contributed by atoms with E-state index >= 15 is 0 Å². The number of hydrogen-bond donors (Lipinski definition) is 1. The Kier molecular flexibility index (Phi) is 2.51. The third kappa shape index (κ3) is 2.00. The summed E-state index contributed by atoms with van der Waals surface area (Å²) in [6.45, 7) is -0.886. The SMILES string of the molecule is O=S(=O)(C1CC1)N1CCC(O)C(F)(F)C1. The summed E-state index contributed by atoms with van der Waals surface area (Å²) in [7, 11) is -3.54. The van der Waals surface area contributed by atoms with E-state index in [2.05, 4.69) is 0 Å². The summed E-state index contributed by atoms with van der Waals surface area (Å²) in [6, 6.07) is 0. The maximum Gasteiger partial charge on any atom is 0.286 e. The Morgan fingerprint density at radius 2 is 1.87 bits per heavy atom. The van der Waals surface area contributed by atoms with Gasteiger partial charge in [0.2, 0.25) is 10.0 Å². The van der Waals surface area contributed by atoms with Crippen molar-refractivity contribution in [3.8, 4) is 0 Å². The van der Waals surface area contributed by atoms with Gasteiger partial charge in [0, 0.05) is 6.54 Å². The number of alkyl halides is 2. The Balaban J connectivity index is 2.12. The zero-order chi connectivity index (χ0) is 11.3. The largest absolute Gasteiger partial charge is 0.387 e. The number of aliphatic hydroxyl groups is 1. The number of sulfonamides is 1. The van der Waals surface area contributed by atoms with Crippen LogP contribution in [0.3, 0.4) is 0 Å². The molecular formula is C8H13F2NO3S. The molecular weight excluding hydrogens is 228 g/mol. The summed E-state index contributed by atoms with van der Waals surface area (Å²) in [5.41, 5.74) is 0. The van der Waals surface area contributed by atoms with Crippen molar-refractivity contribution in [1.82, 2.24) is 4.31 Å². The van der Waals surface area contributed by atoms with E-state index in [-0.39, 0.29) is 13.0 Å². The van der Waals surface area contributed by atoms with Gasteiger partial charge in [-0.2, -0.15) is 4.31 Å². The average Bonchev–Trinajstić information content (AvgIpc) is 2.92. The van der Waals surface area contributed by atoms with Gasteiger partial charge >= 0.3 is 0 Å². The molecule has 1 saturated heterocycles. The Bertz CT molecular complexity index is 353. The lowest BCUT2D eigenvalue weighted by Crippen LogP contribution is -2.53. The lowest BCUT2D eigenvalue weighted by atomic mass is 10.1. The number of piperidine rings is 1. The van der Waals surface area contributed by atoms with Crippen molar-refractivity contribution in [1.29, 1.82) is 0 Å². The fourth-order valence-corrected chi connectivity index (χ4v) is 3.56. The molecule has 1 aliphatic heterocycles. The molecule has 0 bridgehead atoms. The van der Waals surface area contributed by atoms with Crippen molar-refractivity contribution in [3.63, 3.8) is 0 Å². The summed E-state index contributed by atoms with van der Waals surface area (Å²) >= 11 is 0. The van der Waals surface area contributed by atoms with E-state index in [1.54, 1.807) is 0 Å². The molecule has 2 fully saturated rings. The quantitative estimate of drug-likeness (QED) is 0.750. The molecule has 2 aliphatic rings. The molecule has 1 heterocycles. The van der Waals surface area contributed by atoms with E-state index in [0.717, 1.165) is 4.31 Å². The van der Waals surface area contributed by atoms with Crippen LogP contribution in [0.15, 0.2) is 0 Å². The average molecular weight is 241 g/mol. The first kappa shape index (κ1) is 11.2. The summed E-state index contributed by atoms with van der Waals surface area (Å²) < 4.78 is 50.3. The second-order valence-corrected chi connectivity index (χ2v) is 6.36. The lowest BCUT2D eigenvalue weighted by molar-refractivity contribution is -0.136. The maximum atomic E-state index is 13.1. The van der Waals surface area contributed by atoms with Crippen molar-refractivity contribution in [2.45, 2.75) is 36.5 Å². The van der Waals surface area contributed by atoms with Gasteiger partial charge in [-0.3, -0.25) is 0 Å². The minimum Gasteiger partial charge on any atom is -0.387 e. The van der Waals surface area contributed by atoms with Crippen LogP contribution >= 0.6 is 0 Å². The minimum atomic E-state index is -3.54. The molecule has 88 valence electrons. The van der Waals surface area contributed by atoms with Crippen molar-refractivity contribution >= 4 is 10.0 Å². The highest BCUT2D eigenvalue weighted by Crippen LogP contribution is 2.35. The van der Waals surface area contributed by atoms with Gasteiger partial charge in [-0.1, -0.05) is 0 Å². The van der Waals surface area contributed by atoms with Crippen molar-refractivity contribution < 1.29 is 22.3 Å². The fourth-order valence-electron chi connectivity index (χ4n) is 1.69. The van der Waals surface area contributed by atoms with E-state index in [0.29, 0.717) is 12.8 Å². The fraction of sp³-hybridized carbons (Fsp3) is 1.00. The number of hydrogen-bond acceptors (Lipinski definition) is 3. The van der Waals surface area contributed by atoms with Crippen LogP contribution < -0.4 is 0 Å². The molecule has 0 aromatic rings. The molecule has 0 spiro atoms. The van der Waals surface area contributed by atoms with Gasteiger partial charge in [-0.15, -0.1) is 0 Å².